The highest BCUT2D eigenvalue weighted by molar-refractivity contribution is 5.91. The summed E-state index contributed by atoms with van der Waals surface area (Å²) in [6, 6.07) is 13.3. The summed E-state index contributed by atoms with van der Waals surface area (Å²) in [4.78, 5) is 14.6. The van der Waals surface area contributed by atoms with Crippen molar-refractivity contribution in [1.82, 2.24) is 19.9 Å². The molecule has 0 aliphatic carbocycles. The van der Waals surface area contributed by atoms with E-state index in [2.05, 4.69) is 10.3 Å². The maximum Gasteiger partial charge on any atom is 0.289 e. The number of hydrogen-bond donors (Lipinski definition) is 0. The third kappa shape index (κ3) is 4.42. The number of rotatable bonds is 7. The number of hydrogen-bond acceptors (Lipinski definition) is 5. The zero-order valence-corrected chi connectivity index (χ0v) is 15.7. The number of benzene rings is 1. The molecule has 1 aromatic carbocycles. The molecule has 0 bridgehead atoms. The van der Waals surface area contributed by atoms with Gasteiger partial charge in [-0.15, -0.1) is 5.10 Å². The number of carbonyl (C=O) groups is 1. The van der Waals surface area contributed by atoms with Gasteiger partial charge in [0.15, 0.2) is 5.76 Å². The van der Waals surface area contributed by atoms with Crippen LogP contribution in [0.25, 0.3) is 0 Å². The molecule has 146 valence electrons. The number of piperidine rings is 1. The zero-order chi connectivity index (χ0) is 19.2. The number of aryl methyl sites for hydroxylation is 1. The molecule has 1 amide bonds. The Morgan fingerprint density at radius 2 is 2.07 bits per heavy atom. The second kappa shape index (κ2) is 8.73. The molecule has 0 N–H and O–H groups in total. The molecule has 1 aliphatic rings. The first kappa shape index (κ1) is 18.3. The summed E-state index contributed by atoms with van der Waals surface area (Å²) >= 11 is 0. The summed E-state index contributed by atoms with van der Waals surface area (Å²) in [5.41, 5.74) is 0.788. The van der Waals surface area contributed by atoms with Gasteiger partial charge < -0.3 is 14.1 Å². The fraction of sp³-hybridized carbons (Fsp3) is 0.381. The van der Waals surface area contributed by atoms with Crippen LogP contribution in [0.15, 0.2) is 59.3 Å². The van der Waals surface area contributed by atoms with Crippen molar-refractivity contribution in [3.63, 3.8) is 0 Å². The average Bonchev–Trinajstić information content (AvgIpc) is 3.43. The Morgan fingerprint density at radius 1 is 1.18 bits per heavy atom. The molecule has 1 unspecified atom stereocenters. The van der Waals surface area contributed by atoms with Crippen LogP contribution >= 0.6 is 0 Å². The van der Waals surface area contributed by atoms with E-state index >= 15 is 0 Å². The Morgan fingerprint density at radius 3 is 2.89 bits per heavy atom. The lowest BCUT2D eigenvalue weighted by atomic mass is 9.99. The summed E-state index contributed by atoms with van der Waals surface area (Å²) in [5.74, 6) is 1.20. The van der Waals surface area contributed by atoms with E-state index in [1.807, 2.05) is 46.1 Å². The van der Waals surface area contributed by atoms with E-state index in [9.17, 15) is 4.79 Å². The number of para-hydroxylation sites is 1. The van der Waals surface area contributed by atoms with Crippen LogP contribution in [0, 0.1) is 0 Å². The maximum absolute atomic E-state index is 12.7. The predicted molar refractivity (Wildman–Crippen MR) is 103 cm³/mol. The number of furan rings is 1. The third-order valence-corrected chi connectivity index (χ3v) is 5.03. The molecule has 3 aromatic rings. The van der Waals surface area contributed by atoms with Gasteiger partial charge in [0.25, 0.3) is 5.91 Å². The first-order chi connectivity index (χ1) is 13.8. The van der Waals surface area contributed by atoms with Crippen LogP contribution in [0.3, 0.4) is 0 Å². The summed E-state index contributed by atoms with van der Waals surface area (Å²) in [6.07, 6.45) is 7.47. The molecule has 1 saturated heterocycles. The van der Waals surface area contributed by atoms with E-state index in [0.717, 1.165) is 43.7 Å². The van der Waals surface area contributed by atoms with Crippen LogP contribution in [0.5, 0.6) is 5.75 Å². The first-order valence-electron chi connectivity index (χ1n) is 9.71. The summed E-state index contributed by atoms with van der Waals surface area (Å²) in [5, 5.41) is 8.38. The van der Waals surface area contributed by atoms with Crippen molar-refractivity contribution in [3.8, 4) is 5.75 Å². The van der Waals surface area contributed by atoms with Crippen molar-refractivity contribution in [2.75, 3.05) is 6.54 Å². The molecule has 1 fully saturated rings. The lowest BCUT2D eigenvalue weighted by Crippen LogP contribution is -2.44. The molecular weight excluding hydrogens is 356 g/mol. The Labute approximate surface area is 163 Å². The van der Waals surface area contributed by atoms with Gasteiger partial charge in [-0.05, 0) is 49.9 Å². The van der Waals surface area contributed by atoms with E-state index < -0.39 is 0 Å². The second-order valence-electron chi connectivity index (χ2n) is 6.99. The number of likely N-dealkylation sites (tertiary alicyclic amines) is 1. The van der Waals surface area contributed by atoms with Gasteiger partial charge in [0, 0.05) is 19.1 Å². The number of aromatic nitrogens is 3. The maximum atomic E-state index is 12.7. The SMILES string of the molecule is O=C(c1ccco1)N1CCCCC1CCn1cc(COc2ccccc2)nn1. The van der Waals surface area contributed by atoms with Gasteiger partial charge in [-0.25, -0.2) is 0 Å². The molecule has 0 radical (unpaired) electrons. The molecule has 0 spiro atoms. The Bertz CT molecular complexity index is 876. The minimum Gasteiger partial charge on any atom is -0.487 e. The van der Waals surface area contributed by atoms with E-state index in [-0.39, 0.29) is 11.9 Å². The molecule has 0 saturated carbocycles. The van der Waals surface area contributed by atoms with Crippen molar-refractivity contribution in [1.29, 1.82) is 0 Å². The molecule has 7 heteroatoms. The van der Waals surface area contributed by atoms with Crippen molar-refractivity contribution in [3.05, 3.63) is 66.4 Å². The highest BCUT2D eigenvalue weighted by Gasteiger charge is 2.28. The largest absolute Gasteiger partial charge is 0.487 e. The standard InChI is InChI=1S/C21H24N4O3/c26-21(20-10-6-14-27-20)25-12-5-4-7-18(25)11-13-24-15-17(22-23-24)16-28-19-8-2-1-3-9-19/h1-3,6,8-10,14-15,18H,4-5,7,11-13,16H2. The predicted octanol–water partition coefficient (Wildman–Crippen LogP) is 3.54. The zero-order valence-electron chi connectivity index (χ0n) is 15.7. The summed E-state index contributed by atoms with van der Waals surface area (Å²) in [6.45, 7) is 1.87. The van der Waals surface area contributed by atoms with Crippen LogP contribution in [0.4, 0.5) is 0 Å². The van der Waals surface area contributed by atoms with Crippen LogP contribution < -0.4 is 4.74 Å². The highest BCUT2D eigenvalue weighted by atomic mass is 16.5. The third-order valence-electron chi connectivity index (χ3n) is 5.03. The van der Waals surface area contributed by atoms with Crippen molar-refractivity contribution < 1.29 is 13.9 Å². The lowest BCUT2D eigenvalue weighted by Gasteiger charge is -2.35. The van der Waals surface area contributed by atoms with Gasteiger partial charge >= 0.3 is 0 Å². The van der Waals surface area contributed by atoms with Crippen LogP contribution in [0.2, 0.25) is 0 Å². The van der Waals surface area contributed by atoms with Gasteiger partial charge in [0.05, 0.1) is 12.5 Å². The van der Waals surface area contributed by atoms with Gasteiger partial charge in [0.1, 0.15) is 18.1 Å². The molecular formula is C21H24N4O3. The number of nitrogens with zero attached hydrogens (tertiary/aromatic N) is 4. The monoisotopic (exact) mass is 380 g/mol. The average molecular weight is 380 g/mol. The number of ether oxygens (including phenoxy) is 1. The van der Waals surface area contributed by atoms with Crippen molar-refractivity contribution in [2.24, 2.45) is 0 Å². The quantitative estimate of drug-likeness (QED) is 0.627. The van der Waals surface area contributed by atoms with Gasteiger partial charge in [-0.3, -0.25) is 9.48 Å². The minimum atomic E-state index is -0.0229. The summed E-state index contributed by atoms with van der Waals surface area (Å²) < 4.78 is 12.8. The molecule has 28 heavy (non-hydrogen) atoms. The van der Waals surface area contributed by atoms with Gasteiger partial charge in [0.2, 0.25) is 0 Å². The highest BCUT2D eigenvalue weighted by Crippen LogP contribution is 2.22. The smallest absolute Gasteiger partial charge is 0.289 e. The molecule has 4 rings (SSSR count). The van der Waals surface area contributed by atoms with E-state index in [1.54, 1.807) is 18.4 Å². The minimum absolute atomic E-state index is 0.0229. The first-order valence-corrected chi connectivity index (χ1v) is 9.71. The van der Waals surface area contributed by atoms with Crippen LogP contribution in [-0.4, -0.2) is 38.4 Å². The molecule has 1 atom stereocenters. The fourth-order valence-corrected chi connectivity index (χ4v) is 3.58. The van der Waals surface area contributed by atoms with Crippen LogP contribution in [-0.2, 0) is 13.2 Å². The molecule has 3 heterocycles. The van der Waals surface area contributed by atoms with E-state index in [1.165, 1.54) is 0 Å². The fourth-order valence-electron chi connectivity index (χ4n) is 3.58. The number of amides is 1. The summed E-state index contributed by atoms with van der Waals surface area (Å²) in [7, 11) is 0. The Balaban J connectivity index is 1.32. The molecule has 2 aromatic heterocycles. The van der Waals surface area contributed by atoms with Crippen LogP contribution in [0.1, 0.15) is 41.9 Å². The van der Waals surface area contributed by atoms with E-state index in [4.69, 9.17) is 9.15 Å². The molecule has 7 nitrogen and oxygen atoms in total. The Kier molecular flexibility index (Phi) is 5.70. The van der Waals surface area contributed by atoms with Crippen molar-refractivity contribution >= 4 is 5.91 Å². The van der Waals surface area contributed by atoms with Crippen molar-refractivity contribution in [2.45, 2.75) is 44.9 Å². The second-order valence-corrected chi connectivity index (χ2v) is 6.99. The van der Waals surface area contributed by atoms with E-state index in [0.29, 0.717) is 18.9 Å². The normalized spacial score (nSPS) is 16.9. The molecule has 1 aliphatic heterocycles. The Hall–Kier alpha value is -3.09. The topological polar surface area (TPSA) is 73.4 Å². The number of carbonyl (C=O) groups excluding carboxylic acids is 1. The van der Waals surface area contributed by atoms with Gasteiger partial charge in [-0.2, -0.15) is 0 Å². The lowest BCUT2D eigenvalue weighted by molar-refractivity contribution is 0.0561. The van der Waals surface area contributed by atoms with Gasteiger partial charge in [-0.1, -0.05) is 23.4 Å².